The van der Waals surface area contributed by atoms with Gasteiger partial charge in [0.05, 0.1) is 0 Å². The Morgan fingerprint density at radius 3 is 3.06 bits per heavy atom. The van der Waals surface area contributed by atoms with Crippen LogP contribution in [0.4, 0.5) is 5.82 Å². The lowest BCUT2D eigenvalue weighted by Gasteiger charge is -2.31. The monoisotopic (exact) mass is 254 g/mol. The summed E-state index contributed by atoms with van der Waals surface area (Å²) in [7, 11) is 2.15. The highest BCUT2D eigenvalue weighted by atomic mass is 35.5. The Morgan fingerprint density at radius 2 is 2.35 bits per heavy atom. The Bertz CT molecular complexity index is 383. The molecule has 17 heavy (non-hydrogen) atoms. The topological polar surface area (TPSA) is 41.1 Å². The predicted molar refractivity (Wildman–Crippen MR) is 70.6 cm³/mol. The van der Waals surface area contributed by atoms with Gasteiger partial charge in [-0.15, -0.1) is 0 Å². The average Bonchev–Trinajstić information content (AvgIpc) is 2.29. The summed E-state index contributed by atoms with van der Waals surface area (Å²) in [5, 5.41) is 4.06. The van der Waals surface area contributed by atoms with Crippen molar-refractivity contribution in [3.63, 3.8) is 0 Å². The van der Waals surface area contributed by atoms with E-state index in [9.17, 15) is 0 Å². The van der Waals surface area contributed by atoms with Gasteiger partial charge in [-0.2, -0.15) is 0 Å². The van der Waals surface area contributed by atoms with Crippen LogP contribution in [0.15, 0.2) is 6.33 Å². The van der Waals surface area contributed by atoms with E-state index in [0.29, 0.717) is 11.2 Å². The maximum Gasteiger partial charge on any atom is 0.137 e. The highest BCUT2D eigenvalue weighted by Gasteiger charge is 2.18. The molecule has 1 aliphatic rings. The van der Waals surface area contributed by atoms with Gasteiger partial charge in [0.1, 0.15) is 17.3 Å². The quantitative estimate of drug-likeness (QED) is 0.840. The van der Waals surface area contributed by atoms with Gasteiger partial charge < -0.3 is 10.2 Å². The van der Waals surface area contributed by atoms with Crippen molar-refractivity contribution in [2.24, 2.45) is 0 Å². The number of aromatic nitrogens is 2. The molecule has 2 heterocycles. The van der Waals surface area contributed by atoms with Crippen LogP contribution in [0, 0.1) is 0 Å². The molecule has 5 heteroatoms. The van der Waals surface area contributed by atoms with Crippen molar-refractivity contribution in [3.8, 4) is 0 Å². The summed E-state index contributed by atoms with van der Waals surface area (Å²) in [6.45, 7) is 4.32. The number of nitrogens with one attached hydrogen (secondary N) is 1. The molecule has 0 aromatic carbocycles. The largest absolute Gasteiger partial charge is 0.366 e. The van der Waals surface area contributed by atoms with Gasteiger partial charge in [-0.05, 0) is 32.9 Å². The van der Waals surface area contributed by atoms with E-state index in [1.807, 2.05) is 0 Å². The van der Waals surface area contributed by atoms with Gasteiger partial charge in [-0.1, -0.05) is 18.5 Å². The number of halogens is 1. The maximum absolute atomic E-state index is 6.07. The molecule has 0 aliphatic carbocycles. The van der Waals surface area contributed by atoms with Gasteiger partial charge in [0.15, 0.2) is 0 Å². The van der Waals surface area contributed by atoms with Crippen molar-refractivity contribution in [1.29, 1.82) is 0 Å². The van der Waals surface area contributed by atoms with Gasteiger partial charge in [0.25, 0.3) is 0 Å². The molecule has 0 radical (unpaired) electrons. The fourth-order valence-electron chi connectivity index (χ4n) is 2.31. The molecule has 0 amide bonds. The van der Waals surface area contributed by atoms with Crippen LogP contribution in [0.3, 0.4) is 0 Å². The van der Waals surface area contributed by atoms with Gasteiger partial charge in [-0.25, -0.2) is 9.97 Å². The lowest BCUT2D eigenvalue weighted by Crippen LogP contribution is -2.40. The van der Waals surface area contributed by atoms with Crippen LogP contribution in [-0.4, -0.2) is 41.0 Å². The summed E-state index contributed by atoms with van der Waals surface area (Å²) >= 11 is 6.07. The Morgan fingerprint density at radius 1 is 1.53 bits per heavy atom. The van der Waals surface area contributed by atoms with Crippen molar-refractivity contribution >= 4 is 17.4 Å². The minimum absolute atomic E-state index is 0.463. The molecule has 1 aromatic heterocycles. The summed E-state index contributed by atoms with van der Waals surface area (Å²) < 4.78 is 0. The molecule has 0 spiro atoms. The third-order valence-corrected chi connectivity index (χ3v) is 3.54. The SMILES string of the molecule is CCc1c(Cl)ncnc1NC1CCCN(C)C1. The molecule has 1 saturated heterocycles. The second kappa shape index (κ2) is 5.65. The van der Waals surface area contributed by atoms with Gasteiger partial charge in [-0.3, -0.25) is 0 Å². The van der Waals surface area contributed by atoms with E-state index in [2.05, 4.69) is 34.2 Å². The number of anilines is 1. The smallest absolute Gasteiger partial charge is 0.137 e. The molecule has 1 fully saturated rings. The second-order valence-corrected chi connectivity index (χ2v) is 4.95. The molecule has 94 valence electrons. The molecular formula is C12H19ClN4. The molecule has 4 nitrogen and oxygen atoms in total. The first-order chi connectivity index (χ1) is 8.20. The number of likely N-dealkylation sites (N-methyl/N-ethyl adjacent to an activating group) is 1. The van der Waals surface area contributed by atoms with Crippen molar-refractivity contribution in [1.82, 2.24) is 14.9 Å². The number of likely N-dealkylation sites (tertiary alicyclic amines) is 1. The van der Waals surface area contributed by atoms with Crippen LogP contribution in [0.25, 0.3) is 0 Å². The maximum atomic E-state index is 6.07. The molecule has 0 saturated carbocycles. The Hall–Kier alpha value is -0.870. The fraction of sp³-hybridized carbons (Fsp3) is 0.667. The highest BCUT2D eigenvalue weighted by Crippen LogP contribution is 2.22. The zero-order valence-electron chi connectivity index (χ0n) is 10.4. The van der Waals surface area contributed by atoms with Crippen LogP contribution in [0.1, 0.15) is 25.3 Å². The Labute approximate surface area is 107 Å². The first kappa shape index (κ1) is 12.6. The minimum atomic E-state index is 0.463. The minimum Gasteiger partial charge on any atom is -0.366 e. The summed E-state index contributed by atoms with van der Waals surface area (Å²) in [4.78, 5) is 10.7. The summed E-state index contributed by atoms with van der Waals surface area (Å²) in [5.74, 6) is 0.896. The van der Waals surface area contributed by atoms with Crippen LogP contribution in [0.2, 0.25) is 5.15 Å². The van der Waals surface area contributed by atoms with Crippen LogP contribution in [0.5, 0.6) is 0 Å². The normalized spacial score (nSPS) is 21.5. The predicted octanol–water partition coefficient (Wildman–Crippen LogP) is 2.20. The van der Waals surface area contributed by atoms with E-state index in [0.717, 1.165) is 24.3 Å². The van der Waals surface area contributed by atoms with E-state index in [1.165, 1.54) is 25.7 Å². The van der Waals surface area contributed by atoms with E-state index in [-0.39, 0.29) is 0 Å². The van der Waals surface area contributed by atoms with Gasteiger partial charge >= 0.3 is 0 Å². The number of piperidine rings is 1. The van der Waals surface area contributed by atoms with Crippen molar-refractivity contribution in [2.75, 3.05) is 25.5 Å². The number of nitrogens with zero attached hydrogens (tertiary/aromatic N) is 3. The molecule has 2 rings (SSSR count). The molecule has 1 N–H and O–H groups in total. The summed E-state index contributed by atoms with van der Waals surface area (Å²) in [5.41, 5.74) is 1.02. The first-order valence-corrected chi connectivity index (χ1v) is 6.53. The molecule has 1 unspecified atom stereocenters. The highest BCUT2D eigenvalue weighted by molar-refractivity contribution is 6.30. The third-order valence-electron chi connectivity index (χ3n) is 3.21. The lowest BCUT2D eigenvalue weighted by atomic mass is 10.1. The standard InChI is InChI=1S/C12H19ClN4/c1-3-10-11(13)14-8-15-12(10)16-9-5-4-6-17(2)7-9/h8-9H,3-7H2,1-2H3,(H,14,15,16). The molecule has 1 aromatic rings. The second-order valence-electron chi connectivity index (χ2n) is 4.59. The number of hydrogen-bond donors (Lipinski definition) is 1. The van der Waals surface area contributed by atoms with Crippen molar-refractivity contribution in [2.45, 2.75) is 32.2 Å². The Kier molecular flexibility index (Phi) is 4.18. The third kappa shape index (κ3) is 3.07. The molecular weight excluding hydrogens is 236 g/mol. The zero-order chi connectivity index (χ0) is 12.3. The van der Waals surface area contributed by atoms with Crippen LogP contribution >= 0.6 is 11.6 Å². The van der Waals surface area contributed by atoms with Crippen LogP contribution < -0.4 is 5.32 Å². The number of hydrogen-bond acceptors (Lipinski definition) is 4. The number of rotatable bonds is 3. The Balaban J connectivity index is 2.10. The molecule has 0 bridgehead atoms. The lowest BCUT2D eigenvalue weighted by molar-refractivity contribution is 0.260. The summed E-state index contributed by atoms with van der Waals surface area (Å²) in [6.07, 6.45) is 4.80. The zero-order valence-corrected chi connectivity index (χ0v) is 11.2. The fourth-order valence-corrected chi connectivity index (χ4v) is 2.57. The average molecular weight is 255 g/mol. The van der Waals surface area contributed by atoms with Crippen molar-refractivity contribution in [3.05, 3.63) is 17.0 Å². The van der Waals surface area contributed by atoms with E-state index in [1.54, 1.807) is 0 Å². The van der Waals surface area contributed by atoms with E-state index >= 15 is 0 Å². The van der Waals surface area contributed by atoms with Crippen LogP contribution in [-0.2, 0) is 6.42 Å². The van der Waals surface area contributed by atoms with Crippen molar-refractivity contribution < 1.29 is 0 Å². The molecule has 1 atom stereocenters. The first-order valence-electron chi connectivity index (χ1n) is 6.15. The van der Waals surface area contributed by atoms with E-state index in [4.69, 9.17) is 11.6 Å². The summed E-state index contributed by atoms with van der Waals surface area (Å²) in [6, 6.07) is 0.463. The molecule has 1 aliphatic heterocycles. The van der Waals surface area contributed by atoms with Gasteiger partial charge in [0, 0.05) is 18.2 Å². The van der Waals surface area contributed by atoms with E-state index < -0.39 is 0 Å². The van der Waals surface area contributed by atoms with Gasteiger partial charge in [0.2, 0.25) is 0 Å².